The predicted octanol–water partition coefficient (Wildman–Crippen LogP) is 3.43. The van der Waals surface area contributed by atoms with E-state index in [-0.39, 0.29) is 25.9 Å². The summed E-state index contributed by atoms with van der Waals surface area (Å²) in [5.74, 6) is -0.0936. The molecule has 3 N–H and O–H groups in total. The monoisotopic (exact) mass is 658 g/mol. The Bertz CT molecular complexity index is 1460. The summed E-state index contributed by atoms with van der Waals surface area (Å²) in [6, 6.07) is 14.4. The maximum Gasteiger partial charge on any atom is 0.329 e. The number of carbonyl (C=O) groups is 3. The zero-order valence-corrected chi connectivity index (χ0v) is 24.2. The van der Waals surface area contributed by atoms with Gasteiger partial charge in [-0.3, -0.25) is 14.4 Å². The highest BCUT2D eigenvalue weighted by molar-refractivity contribution is 14.1. The van der Waals surface area contributed by atoms with Crippen molar-refractivity contribution >= 4 is 52.2 Å². The Morgan fingerprint density at radius 1 is 1.00 bits per heavy atom. The molecule has 208 valence electrons. The number of aryl methyl sites for hydroxylation is 2. The lowest BCUT2D eigenvalue weighted by Gasteiger charge is -2.14. The predicted molar refractivity (Wildman–Crippen MR) is 156 cm³/mol. The summed E-state index contributed by atoms with van der Waals surface area (Å²) in [6.07, 6.45) is 1.37. The Hall–Kier alpha value is -4.33. The molecule has 3 aromatic rings. The van der Waals surface area contributed by atoms with E-state index in [1.807, 2.05) is 32.0 Å². The van der Waals surface area contributed by atoms with Crippen molar-refractivity contribution in [3.05, 3.63) is 74.4 Å². The first-order valence-electron chi connectivity index (χ1n) is 12.1. The van der Waals surface area contributed by atoms with Crippen LogP contribution in [0.25, 0.3) is 0 Å². The van der Waals surface area contributed by atoms with Crippen molar-refractivity contribution in [1.82, 2.24) is 10.7 Å². The second kappa shape index (κ2) is 13.2. The van der Waals surface area contributed by atoms with Crippen LogP contribution in [-0.2, 0) is 20.9 Å². The Kier molecular flexibility index (Phi) is 9.43. The molecule has 0 fully saturated rings. The number of benzene rings is 3. The highest BCUT2D eigenvalue weighted by Gasteiger charge is 2.16. The second-order valence-electron chi connectivity index (χ2n) is 8.82. The van der Waals surface area contributed by atoms with Crippen molar-refractivity contribution in [2.45, 2.75) is 20.4 Å². The molecule has 40 heavy (non-hydrogen) atoms. The average Bonchev–Trinajstić information content (AvgIpc) is 3.38. The van der Waals surface area contributed by atoms with Gasteiger partial charge in [0.15, 0.2) is 29.6 Å². The van der Waals surface area contributed by atoms with Crippen LogP contribution < -0.4 is 35.0 Å². The second-order valence-corrected chi connectivity index (χ2v) is 9.98. The molecule has 0 saturated carbocycles. The normalized spacial score (nSPS) is 11.7. The van der Waals surface area contributed by atoms with Crippen LogP contribution in [0.4, 0.5) is 5.69 Å². The van der Waals surface area contributed by atoms with E-state index < -0.39 is 11.8 Å². The molecule has 0 radical (unpaired) electrons. The van der Waals surface area contributed by atoms with Crippen LogP contribution in [0.2, 0.25) is 0 Å². The smallest absolute Gasteiger partial charge is 0.329 e. The number of ether oxygens (including phenoxy) is 4. The topological polar surface area (TPSA) is 137 Å². The van der Waals surface area contributed by atoms with Crippen LogP contribution >= 0.6 is 22.6 Å². The first kappa shape index (κ1) is 28.7. The molecule has 0 aromatic heterocycles. The highest BCUT2D eigenvalue weighted by Crippen LogP contribution is 2.34. The fraction of sp³-hybridized carbons (Fsp3) is 0.214. The van der Waals surface area contributed by atoms with Crippen LogP contribution in [0.5, 0.6) is 23.0 Å². The molecule has 0 unspecified atom stereocenters. The van der Waals surface area contributed by atoms with E-state index >= 15 is 0 Å². The maximum absolute atomic E-state index is 12.4. The first-order valence-corrected chi connectivity index (χ1v) is 13.2. The maximum atomic E-state index is 12.4. The molecule has 12 heteroatoms. The molecule has 4 rings (SSSR count). The van der Waals surface area contributed by atoms with Gasteiger partial charge in [0.2, 0.25) is 6.79 Å². The van der Waals surface area contributed by atoms with E-state index in [1.54, 1.807) is 30.3 Å². The highest BCUT2D eigenvalue weighted by atomic mass is 127. The lowest BCUT2D eigenvalue weighted by atomic mass is 10.1. The van der Waals surface area contributed by atoms with Crippen molar-refractivity contribution < 1.29 is 33.3 Å². The molecule has 3 amide bonds. The molecule has 0 aliphatic carbocycles. The molecule has 1 aliphatic heterocycles. The van der Waals surface area contributed by atoms with Gasteiger partial charge >= 0.3 is 11.8 Å². The van der Waals surface area contributed by atoms with E-state index in [2.05, 4.69) is 43.8 Å². The largest absolute Gasteiger partial charge is 0.493 e. The molecule has 0 saturated heterocycles. The molecule has 11 nitrogen and oxygen atoms in total. The number of nitrogens with one attached hydrogen (secondary N) is 3. The first-order chi connectivity index (χ1) is 19.2. The van der Waals surface area contributed by atoms with Crippen molar-refractivity contribution in [2.24, 2.45) is 5.10 Å². The Balaban J connectivity index is 1.29. The number of hydrazone groups is 1. The van der Waals surface area contributed by atoms with E-state index in [1.165, 1.54) is 13.3 Å². The van der Waals surface area contributed by atoms with Gasteiger partial charge in [-0.1, -0.05) is 12.1 Å². The van der Waals surface area contributed by atoms with Gasteiger partial charge in [0, 0.05) is 12.2 Å². The minimum absolute atomic E-state index is 0.131. The van der Waals surface area contributed by atoms with E-state index in [9.17, 15) is 14.4 Å². The average molecular weight is 658 g/mol. The SMILES string of the molecule is COc1cc(/C=N\NC(=O)C(=O)NCc2ccc3c(c2)OCO3)cc(I)c1OCC(=O)Nc1cc(C)cc(C)c1. The number of hydrogen-bond donors (Lipinski definition) is 3. The molecule has 3 aromatic carbocycles. The van der Waals surface area contributed by atoms with Gasteiger partial charge in [-0.25, -0.2) is 5.43 Å². The van der Waals surface area contributed by atoms with Crippen LogP contribution in [0, 0.1) is 17.4 Å². The minimum Gasteiger partial charge on any atom is -0.493 e. The van der Waals surface area contributed by atoms with Crippen LogP contribution in [0.3, 0.4) is 0 Å². The third-order valence-electron chi connectivity index (χ3n) is 5.58. The number of carbonyl (C=O) groups excluding carboxylic acids is 3. The van der Waals surface area contributed by atoms with E-state index in [0.29, 0.717) is 37.8 Å². The fourth-order valence-electron chi connectivity index (χ4n) is 3.87. The third kappa shape index (κ3) is 7.62. The van der Waals surface area contributed by atoms with Gasteiger partial charge in [-0.2, -0.15) is 5.10 Å². The van der Waals surface area contributed by atoms with E-state index in [4.69, 9.17) is 18.9 Å². The van der Waals surface area contributed by atoms with Crippen LogP contribution in [0.15, 0.2) is 53.6 Å². The fourth-order valence-corrected chi connectivity index (χ4v) is 4.65. The lowest BCUT2D eigenvalue weighted by molar-refractivity contribution is -0.139. The number of hydrogen-bond acceptors (Lipinski definition) is 8. The quantitative estimate of drug-likeness (QED) is 0.139. The number of nitrogens with zero attached hydrogens (tertiary/aromatic N) is 1. The standard InChI is InChI=1S/C28H27IN4O7/c1-16-6-17(2)8-20(7-16)32-25(34)14-38-26-21(29)9-19(11-24(26)37-3)13-31-33-28(36)27(35)30-12-18-4-5-22-23(10-18)40-15-39-22/h4-11,13H,12,14-15H2,1-3H3,(H,30,35)(H,32,34)(H,33,36)/b31-13-. The molecule has 0 spiro atoms. The summed E-state index contributed by atoms with van der Waals surface area (Å²) in [6.45, 7) is 3.98. The Morgan fingerprint density at radius 2 is 1.75 bits per heavy atom. The molecular formula is C28H27IN4O7. The summed E-state index contributed by atoms with van der Waals surface area (Å²) < 4.78 is 22.4. The summed E-state index contributed by atoms with van der Waals surface area (Å²) in [5, 5.41) is 9.21. The van der Waals surface area contributed by atoms with Gasteiger partial charge in [-0.05, 0) is 95.1 Å². The number of rotatable bonds is 9. The summed E-state index contributed by atoms with van der Waals surface area (Å²) in [7, 11) is 1.47. The van der Waals surface area contributed by atoms with Crippen molar-refractivity contribution in [3.63, 3.8) is 0 Å². The van der Waals surface area contributed by atoms with Gasteiger partial charge in [0.1, 0.15) is 0 Å². The minimum atomic E-state index is -0.923. The summed E-state index contributed by atoms with van der Waals surface area (Å²) in [4.78, 5) is 36.7. The van der Waals surface area contributed by atoms with Crippen molar-refractivity contribution in [3.8, 4) is 23.0 Å². The van der Waals surface area contributed by atoms with Gasteiger partial charge < -0.3 is 29.6 Å². The van der Waals surface area contributed by atoms with Crippen LogP contribution in [-0.4, -0.2) is 44.4 Å². The number of amides is 3. The van der Waals surface area contributed by atoms with Gasteiger partial charge in [-0.15, -0.1) is 0 Å². The Morgan fingerprint density at radius 3 is 2.50 bits per heavy atom. The zero-order chi connectivity index (χ0) is 28.6. The van der Waals surface area contributed by atoms with Crippen LogP contribution in [0.1, 0.15) is 22.3 Å². The molecule has 1 aliphatic rings. The zero-order valence-electron chi connectivity index (χ0n) is 22.0. The van der Waals surface area contributed by atoms with Gasteiger partial charge in [0.05, 0.1) is 16.9 Å². The number of methoxy groups -OCH3 is 1. The number of halogens is 1. The number of fused-ring (bicyclic) bond motifs is 1. The molecule has 0 atom stereocenters. The number of anilines is 1. The van der Waals surface area contributed by atoms with Crippen molar-refractivity contribution in [2.75, 3.05) is 25.8 Å². The van der Waals surface area contributed by atoms with Crippen molar-refractivity contribution in [1.29, 1.82) is 0 Å². The summed E-state index contributed by atoms with van der Waals surface area (Å²) in [5.41, 5.74) is 6.31. The van der Waals surface area contributed by atoms with Gasteiger partial charge in [0.25, 0.3) is 5.91 Å². The Labute approximate surface area is 244 Å². The lowest BCUT2D eigenvalue weighted by Crippen LogP contribution is -2.37. The third-order valence-corrected chi connectivity index (χ3v) is 6.38. The molecular weight excluding hydrogens is 631 g/mol. The molecule has 0 bridgehead atoms. The summed E-state index contributed by atoms with van der Waals surface area (Å²) >= 11 is 2.05. The molecule has 1 heterocycles. The van der Waals surface area contributed by atoms with E-state index in [0.717, 1.165) is 16.7 Å².